The predicted molar refractivity (Wildman–Crippen MR) is 84.7 cm³/mol. The fourth-order valence-corrected chi connectivity index (χ4v) is 2.43. The highest BCUT2D eigenvalue weighted by Crippen LogP contribution is 2.28. The van der Waals surface area contributed by atoms with Crippen LogP contribution in [0.15, 0.2) is 35.5 Å². The van der Waals surface area contributed by atoms with E-state index in [0.29, 0.717) is 5.82 Å². The summed E-state index contributed by atoms with van der Waals surface area (Å²) in [5, 5.41) is 0. The highest BCUT2D eigenvalue weighted by molar-refractivity contribution is 6.49. The third-order valence-electron chi connectivity index (χ3n) is 2.61. The van der Waals surface area contributed by atoms with Gasteiger partial charge < -0.3 is 4.43 Å². The Labute approximate surface area is 121 Å². The molecule has 0 radical (unpaired) electrons. The molecule has 5 heteroatoms. The minimum Gasteiger partial charge on any atom is -0.546 e. The number of nitrogens with zero attached hydrogens (tertiary/aromatic N) is 3. The fraction of sp³-hybridized carbons (Fsp3) is 0.267. The van der Waals surface area contributed by atoms with Crippen molar-refractivity contribution in [2.75, 3.05) is 0 Å². The Morgan fingerprint density at radius 1 is 1.20 bits per heavy atom. The maximum atomic E-state index is 5.92. The van der Waals surface area contributed by atoms with E-state index >= 15 is 0 Å². The molecule has 1 heterocycles. The molecule has 0 N–H and O–H groups in total. The molecule has 0 aliphatic carbocycles. The van der Waals surface area contributed by atoms with Crippen molar-refractivity contribution < 1.29 is 4.43 Å². The molecule has 1 aromatic heterocycles. The van der Waals surface area contributed by atoms with Crippen molar-refractivity contribution in [3.05, 3.63) is 47.5 Å². The van der Waals surface area contributed by atoms with Gasteiger partial charge in [-0.15, -0.1) is 0 Å². The van der Waals surface area contributed by atoms with Crippen LogP contribution in [0.1, 0.15) is 17.1 Å². The van der Waals surface area contributed by atoms with Crippen LogP contribution in [0, 0.1) is 13.8 Å². The van der Waals surface area contributed by atoms with E-state index in [1.54, 1.807) is 12.4 Å². The number of aryl methyl sites for hydroxylation is 2. The van der Waals surface area contributed by atoms with Crippen molar-refractivity contribution in [2.45, 2.75) is 26.9 Å². The molecule has 20 heavy (non-hydrogen) atoms. The third-order valence-corrected chi connectivity index (χ3v) is 3.34. The lowest BCUT2D eigenvalue weighted by atomic mass is 10.2. The minimum atomic E-state index is -1.16. The summed E-state index contributed by atoms with van der Waals surface area (Å²) in [6.45, 7) is 8.26. The van der Waals surface area contributed by atoms with Gasteiger partial charge >= 0.3 is 0 Å². The van der Waals surface area contributed by atoms with E-state index in [1.807, 2.05) is 38.1 Å². The summed E-state index contributed by atoms with van der Waals surface area (Å²) in [7, 11) is -1.16. The molecule has 0 saturated carbocycles. The van der Waals surface area contributed by atoms with Crippen LogP contribution in [0.3, 0.4) is 0 Å². The Balaban J connectivity index is 2.28. The van der Waals surface area contributed by atoms with E-state index in [9.17, 15) is 0 Å². The summed E-state index contributed by atoms with van der Waals surface area (Å²) >= 11 is 0. The van der Waals surface area contributed by atoms with Crippen molar-refractivity contribution in [3.8, 4) is 5.75 Å². The van der Waals surface area contributed by atoms with Gasteiger partial charge in [0.05, 0.1) is 6.21 Å². The van der Waals surface area contributed by atoms with Gasteiger partial charge in [-0.25, -0.2) is 15.0 Å². The molecule has 0 amide bonds. The third kappa shape index (κ3) is 3.99. The molecule has 104 valence electrons. The molecular weight excluding hydrogens is 266 g/mol. The molecule has 2 aromatic rings. The number of hydrogen-bond donors (Lipinski definition) is 0. The van der Waals surface area contributed by atoms with Crippen LogP contribution in [0.5, 0.6) is 5.75 Å². The second-order valence-corrected chi connectivity index (χ2v) is 7.29. The lowest BCUT2D eigenvalue weighted by Crippen LogP contribution is -2.11. The predicted octanol–water partition coefficient (Wildman–Crippen LogP) is 3.21. The molecule has 0 spiro atoms. The summed E-state index contributed by atoms with van der Waals surface area (Å²) < 4.78 is 5.92. The fourth-order valence-electron chi connectivity index (χ4n) is 1.73. The molecule has 0 unspecified atom stereocenters. The molecule has 0 aliphatic rings. The second kappa shape index (κ2) is 6.43. The molecule has 2 rings (SSSR count). The zero-order chi connectivity index (χ0) is 14.5. The van der Waals surface area contributed by atoms with Gasteiger partial charge in [0.15, 0.2) is 5.82 Å². The first kappa shape index (κ1) is 14.4. The topological polar surface area (TPSA) is 47.4 Å². The van der Waals surface area contributed by atoms with Crippen LogP contribution in [0.4, 0.5) is 5.69 Å². The van der Waals surface area contributed by atoms with Crippen LogP contribution in [-0.2, 0) is 0 Å². The quantitative estimate of drug-likeness (QED) is 0.640. The van der Waals surface area contributed by atoms with Gasteiger partial charge in [0.1, 0.15) is 11.4 Å². The van der Waals surface area contributed by atoms with Crippen LogP contribution in [-0.4, -0.2) is 25.2 Å². The largest absolute Gasteiger partial charge is 0.546 e. The van der Waals surface area contributed by atoms with Gasteiger partial charge in [-0.1, -0.05) is 6.07 Å². The van der Waals surface area contributed by atoms with Gasteiger partial charge in [0.25, 0.3) is 0 Å². The van der Waals surface area contributed by atoms with Crippen molar-refractivity contribution in [2.24, 2.45) is 4.99 Å². The summed E-state index contributed by atoms with van der Waals surface area (Å²) in [5.41, 5.74) is 2.92. The van der Waals surface area contributed by atoms with Crippen LogP contribution in [0.25, 0.3) is 0 Å². The Morgan fingerprint density at radius 3 is 2.70 bits per heavy atom. The van der Waals surface area contributed by atoms with E-state index in [0.717, 1.165) is 17.1 Å². The van der Waals surface area contributed by atoms with Crippen LogP contribution < -0.4 is 4.43 Å². The Morgan fingerprint density at radius 2 is 2.00 bits per heavy atom. The molecule has 4 nitrogen and oxygen atoms in total. The molecule has 0 atom stereocenters. The number of aliphatic imine (C=N–C) groups is 1. The average molecular weight is 285 g/mol. The standard InChI is InChI=1S/C15H19N3OSi/c1-11-5-6-13(14(9-11)19-20(3)4)17-10-15-16-8-7-12(2)18-15/h5-10,20H,1-4H3. The molecule has 0 saturated heterocycles. The Bertz CT molecular complexity index is 626. The maximum Gasteiger partial charge on any atom is 0.229 e. The number of hydrogen-bond acceptors (Lipinski definition) is 4. The van der Waals surface area contributed by atoms with Crippen molar-refractivity contribution in [3.63, 3.8) is 0 Å². The number of aromatic nitrogens is 2. The smallest absolute Gasteiger partial charge is 0.229 e. The van der Waals surface area contributed by atoms with Crippen molar-refractivity contribution in [1.82, 2.24) is 9.97 Å². The van der Waals surface area contributed by atoms with E-state index in [4.69, 9.17) is 4.43 Å². The maximum absolute atomic E-state index is 5.92. The molecule has 0 aliphatic heterocycles. The van der Waals surface area contributed by atoms with E-state index in [1.165, 1.54) is 5.56 Å². The summed E-state index contributed by atoms with van der Waals surface area (Å²) in [6.07, 6.45) is 3.41. The highest BCUT2D eigenvalue weighted by Gasteiger charge is 2.05. The average Bonchev–Trinajstić information content (AvgIpc) is 2.37. The summed E-state index contributed by atoms with van der Waals surface area (Å²) in [5.74, 6) is 1.45. The normalized spacial score (nSPS) is 11.2. The molecule has 1 aromatic carbocycles. The summed E-state index contributed by atoms with van der Waals surface area (Å²) in [4.78, 5) is 12.9. The van der Waals surface area contributed by atoms with Crippen molar-refractivity contribution in [1.29, 1.82) is 0 Å². The SMILES string of the molecule is Cc1ccc(N=Cc2nccc(C)n2)c(O[SiH](C)C)c1. The van der Waals surface area contributed by atoms with E-state index in [2.05, 4.69) is 28.1 Å². The van der Waals surface area contributed by atoms with Gasteiger partial charge in [0, 0.05) is 11.9 Å². The van der Waals surface area contributed by atoms with Gasteiger partial charge in [-0.2, -0.15) is 0 Å². The van der Waals surface area contributed by atoms with Gasteiger partial charge in [-0.05, 0) is 50.7 Å². The van der Waals surface area contributed by atoms with Crippen LogP contribution >= 0.6 is 0 Å². The Hall–Kier alpha value is -2.01. The highest BCUT2D eigenvalue weighted by atomic mass is 28.3. The lowest BCUT2D eigenvalue weighted by Gasteiger charge is -2.12. The van der Waals surface area contributed by atoms with E-state index < -0.39 is 9.04 Å². The lowest BCUT2D eigenvalue weighted by molar-refractivity contribution is 0.581. The molecule has 0 fully saturated rings. The monoisotopic (exact) mass is 285 g/mol. The zero-order valence-electron chi connectivity index (χ0n) is 12.3. The first-order valence-electron chi connectivity index (χ1n) is 6.65. The number of rotatable bonds is 4. The zero-order valence-corrected chi connectivity index (χ0v) is 13.4. The first-order chi connectivity index (χ1) is 9.54. The molecular formula is C15H19N3OSi. The van der Waals surface area contributed by atoms with Gasteiger partial charge in [-0.3, -0.25) is 0 Å². The number of benzene rings is 1. The molecule has 0 bridgehead atoms. The summed E-state index contributed by atoms with van der Waals surface area (Å²) in [6, 6.07) is 7.88. The Kier molecular flexibility index (Phi) is 4.63. The first-order valence-corrected chi connectivity index (χ1v) is 9.43. The van der Waals surface area contributed by atoms with Crippen molar-refractivity contribution >= 4 is 20.9 Å². The van der Waals surface area contributed by atoms with Crippen LogP contribution in [0.2, 0.25) is 13.1 Å². The van der Waals surface area contributed by atoms with E-state index in [-0.39, 0.29) is 0 Å². The van der Waals surface area contributed by atoms with Gasteiger partial charge in [0.2, 0.25) is 9.04 Å². The minimum absolute atomic E-state index is 0.610. The second-order valence-electron chi connectivity index (χ2n) is 4.95.